The Morgan fingerprint density at radius 3 is 2.60 bits per heavy atom. The molecule has 5 aromatic heterocycles. The van der Waals surface area contributed by atoms with Gasteiger partial charge in [-0.25, -0.2) is 9.97 Å². The summed E-state index contributed by atoms with van der Waals surface area (Å²) < 4.78 is 12.2. The Morgan fingerprint density at radius 1 is 1.10 bits per heavy atom. The second kappa shape index (κ2) is 23.6. The van der Waals surface area contributed by atoms with Crippen molar-refractivity contribution in [3.63, 3.8) is 0 Å². The number of nitrogens with one attached hydrogen (secondary N) is 6. The van der Waals surface area contributed by atoms with E-state index in [1.54, 1.807) is 18.7 Å². The van der Waals surface area contributed by atoms with Crippen molar-refractivity contribution in [1.29, 1.82) is 0 Å². The first-order valence-electron chi connectivity index (χ1n) is 24.1. The molecule has 10 rings (SSSR count). The molecule has 0 bridgehead atoms. The summed E-state index contributed by atoms with van der Waals surface area (Å²) >= 11 is 5.64. The predicted molar refractivity (Wildman–Crippen MR) is 282 cm³/mol. The molecule has 3 aliphatic heterocycles. The Morgan fingerprint density at radius 2 is 1.90 bits per heavy atom. The van der Waals surface area contributed by atoms with E-state index in [2.05, 4.69) is 105 Å². The predicted octanol–water partition coefficient (Wildman–Crippen LogP) is 8.62. The van der Waals surface area contributed by atoms with Crippen LogP contribution in [0.1, 0.15) is 84.5 Å². The van der Waals surface area contributed by atoms with E-state index in [-0.39, 0.29) is 23.1 Å². The number of nitrogens with zero attached hydrogens (tertiary/aromatic N) is 8. The van der Waals surface area contributed by atoms with E-state index in [1.165, 1.54) is 24.4 Å². The number of carbonyl (C=O) groups is 2. The smallest absolute Gasteiger partial charge is 0.252 e. The Labute approximate surface area is 420 Å². The minimum absolute atomic E-state index is 0.00864. The highest BCUT2D eigenvalue weighted by Gasteiger charge is 2.46. The highest BCUT2D eigenvalue weighted by molar-refractivity contribution is 7.83. The van der Waals surface area contributed by atoms with Crippen LogP contribution in [0.5, 0.6) is 0 Å². The number of carbonyl (C=O) groups excluding carboxylic acids is 2. The SMILES string of the molecule is C=C1NC(=O)C2(CCN(C3=C(NC(=O)/C(=C/S)C(C)C)CCC=C3)CC2)N1.CC.COC[C@@]1(C)CCCN(Cc2cc(Nc3nc(C)cn4c(-c5cn[nH]c5)cnc34)sn2)C1.c1ccc2[nH]ncc2c1. The number of rotatable bonds is 11. The molecule has 4 aliphatic rings. The molecule has 0 saturated carbocycles. The largest absolute Gasteiger partial charge is 0.384 e. The number of aromatic amines is 2. The van der Waals surface area contributed by atoms with Gasteiger partial charge in [-0.3, -0.25) is 29.1 Å². The summed E-state index contributed by atoms with van der Waals surface area (Å²) in [6.07, 6.45) is 19.0. The molecule has 1 aliphatic carbocycles. The Bertz CT molecular complexity index is 2780. The normalized spacial score (nSPS) is 19.0. The van der Waals surface area contributed by atoms with Crippen LogP contribution >= 0.6 is 24.2 Å². The average molecular weight is 989 g/mol. The summed E-state index contributed by atoms with van der Waals surface area (Å²) in [5.74, 6) is 1.33. The number of hydrogen-bond donors (Lipinski definition) is 7. The number of aryl methyl sites for hydroxylation is 1. The van der Waals surface area contributed by atoms with Gasteiger partial charge >= 0.3 is 0 Å². The summed E-state index contributed by atoms with van der Waals surface area (Å²) in [7, 11) is 1.79. The van der Waals surface area contributed by atoms with Crippen LogP contribution in [0.25, 0.3) is 27.8 Å². The lowest BCUT2D eigenvalue weighted by Gasteiger charge is -2.40. The molecule has 19 heteroatoms. The number of allylic oxidation sites excluding steroid dienone is 3. The number of piperidine rings is 2. The molecule has 6 N–H and O–H groups in total. The van der Waals surface area contributed by atoms with Crippen LogP contribution in [-0.4, -0.2) is 106 Å². The second-order valence-electron chi connectivity index (χ2n) is 18.5. The van der Waals surface area contributed by atoms with Gasteiger partial charge < -0.3 is 30.9 Å². The van der Waals surface area contributed by atoms with E-state index >= 15 is 0 Å². The van der Waals surface area contributed by atoms with Crippen LogP contribution in [0.4, 0.5) is 10.8 Å². The van der Waals surface area contributed by atoms with Crippen LogP contribution in [0, 0.1) is 18.3 Å². The molecule has 0 radical (unpaired) electrons. The Balaban J connectivity index is 0.000000171. The molecule has 17 nitrogen and oxygen atoms in total. The van der Waals surface area contributed by atoms with Gasteiger partial charge in [-0.1, -0.05) is 65.5 Å². The lowest BCUT2D eigenvalue weighted by atomic mass is 9.82. The topological polar surface area (TPSA) is 198 Å². The molecular weight excluding hydrogens is 921 g/mol. The standard InChI is InChI=1S/C22H28N8OS.C20H28N4O2S.C7H6N2.C2H6/c1-15-11-30-18(16-8-24-25-9-16)10-23-21(30)20(26-15)27-19-7-17(28-32-19)12-29-6-4-5-22(2,13-29)14-31-3;1-13(2)15(12-27)18(25)22-16-6-4-5-7-17(16)24-10-8-20(9-11-24)19(26)21-14(3)23-20;1-2-4-7-6(3-1)5-8-9-7;1-2/h7-11H,4-6,12-14H2,1-3H3,(H,24,25)(H,26,27);5,7,12-13,23,27H,3-4,6,8-11H2,1-2H3,(H,21,26)(H,22,25);1-5H,(H,8,9);1-2H3/b;15-12+;;/t22-;;;/m0.../s1. The van der Waals surface area contributed by atoms with Crippen LogP contribution < -0.4 is 21.3 Å². The fourth-order valence-corrected chi connectivity index (χ4v) is 10.4. The fraction of sp³-hybridized carbons (Fsp3) is 0.431. The van der Waals surface area contributed by atoms with Crippen molar-refractivity contribution in [2.75, 3.05) is 45.2 Å². The lowest BCUT2D eigenvalue weighted by Crippen LogP contribution is -2.54. The first-order chi connectivity index (χ1) is 33.9. The maximum absolute atomic E-state index is 12.6. The zero-order valence-electron chi connectivity index (χ0n) is 41.4. The Kier molecular flexibility index (Phi) is 17.4. The number of likely N-dealkylation sites (tertiary alicyclic amines) is 2. The van der Waals surface area contributed by atoms with E-state index in [0.717, 1.165) is 114 Å². The molecular formula is C51H68N14O3S2. The van der Waals surface area contributed by atoms with Gasteiger partial charge in [-0.2, -0.15) is 27.2 Å². The minimum atomic E-state index is -0.546. The molecule has 2 amide bonds. The first kappa shape index (κ1) is 51.6. The monoisotopic (exact) mass is 989 g/mol. The zero-order valence-corrected chi connectivity index (χ0v) is 43.1. The number of anilines is 2. The number of aromatic nitrogens is 8. The van der Waals surface area contributed by atoms with Crippen molar-refractivity contribution in [2.45, 2.75) is 92.2 Å². The second-order valence-corrected chi connectivity index (χ2v) is 19.6. The summed E-state index contributed by atoms with van der Waals surface area (Å²) in [6.45, 7) is 21.3. The van der Waals surface area contributed by atoms with E-state index in [0.29, 0.717) is 24.2 Å². The number of H-pyrrole nitrogens is 2. The van der Waals surface area contributed by atoms with Gasteiger partial charge in [0.2, 0.25) is 0 Å². The molecule has 3 fully saturated rings. The van der Waals surface area contributed by atoms with Crippen molar-refractivity contribution in [3.8, 4) is 11.3 Å². The number of methoxy groups -OCH3 is 1. The summed E-state index contributed by atoms with van der Waals surface area (Å²) in [5, 5.41) is 29.9. The highest BCUT2D eigenvalue weighted by atomic mass is 32.1. The number of imidazole rings is 1. The van der Waals surface area contributed by atoms with Gasteiger partial charge in [0, 0.05) is 73.3 Å². The van der Waals surface area contributed by atoms with Gasteiger partial charge in [-0.05, 0) is 93.1 Å². The van der Waals surface area contributed by atoms with Crippen molar-refractivity contribution in [3.05, 3.63) is 120 Å². The van der Waals surface area contributed by atoms with Crippen LogP contribution in [0.2, 0.25) is 0 Å². The third kappa shape index (κ3) is 12.4. The minimum Gasteiger partial charge on any atom is -0.384 e. The number of amides is 2. The number of thiol groups is 1. The quantitative estimate of drug-likeness (QED) is 0.0483. The molecule has 6 aromatic rings. The molecule has 1 atom stereocenters. The molecule has 8 heterocycles. The number of hydrogen-bond acceptors (Lipinski definition) is 14. The molecule has 372 valence electrons. The third-order valence-corrected chi connectivity index (χ3v) is 13.8. The molecule has 0 unspecified atom stereocenters. The molecule has 3 saturated heterocycles. The van der Waals surface area contributed by atoms with E-state index in [1.807, 2.05) is 88.1 Å². The summed E-state index contributed by atoms with van der Waals surface area (Å²) in [4.78, 5) is 38.9. The summed E-state index contributed by atoms with van der Waals surface area (Å²) in [6, 6.07) is 10.1. The highest BCUT2D eigenvalue weighted by Crippen LogP contribution is 2.34. The number of ether oxygens (including phenoxy) is 1. The maximum Gasteiger partial charge on any atom is 0.252 e. The Hall–Kier alpha value is -6.28. The van der Waals surface area contributed by atoms with E-state index in [4.69, 9.17) is 9.72 Å². The van der Waals surface area contributed by atoms with E-state index in [9.17, 15) is 9.59 Å². The lowest BCUT2D eigenvalue weighted by molar-refractivity contribution is -0.125. The fourth-order valence-electron chi connectivity index (χ4n) is 9.37. The van der Waals surface area contributed by atoms with Gasteiger partial charge in [0.15, 0.2) is 11.5 Å². The third-order valence-electron chi connectivity index (χ3n) is 12.8. The maximum atomic E-state index is 12.6. The van der Waals surface area contributed by atoms with Gasteiger partial charge in [0.05, 0.1) is 59.3 Å². The van der Waals surface area contributed by atoms with Crippen molar-refractivity contribution in [2.24, 2.45) is 11.3 Å². The van der Waals surface area contributed by atoms with Crippen molar-refractivity contribution < 1.29 is 14.3 Å². The van der Waals surface area contributed by atoms with Crippen molar-refractivity contribution >= 4 is 63.3 Å². The van der Waals surface area contributed by atoms with Crippen LogP contribution in [-0.2, 0) is 20.9 Å². The van der Waals surface area contributed by atoms with Crippen LogP contribution in [0.3, 0.4) is 0 Å². The zero-order chi connectivity index (χ0) is 49.8. The van der Waals surface area contributed by atoms with Gasteiger partial charge in [0.25, 0.3) is 11.8 Å². The first-order valence-corrected chi connectivity index (χ1v) is 25.4. The van der Waals surface area contributed by atoms with E-state index < -0.39 is 5.54 Å². The number of para-hydroxylation sites is 1. The van der Waals surface area contributed by atoms with Gasteiger partial charge in [0.1, 0.15) is 10.5 Å². The van der Waals surface area contributed by atoms with Crippen molar-refractivity contribution in [1.82, 2.24) is 64.9 Å². The number of benzene rings is 1. The number of fused-ring (bicyclic) bond motifs is 2. The molecule has 1 spiro atoms. The van der Waals surface area contributed by atoms with Gasteiger partial charge in [-0.15, -0.1) is 0 Å². The molecule has 1 aromatic carbocycles. The average Bonchev–Trinajstić information content (AvgIpc) is 4.21. The molecule has 70 heavy (non-hydrogen) atoms. The summed E-state index contributed by atoms with van der Waals surface area (Å²) in [5.41, 5.74) is 8.12. The van der Waals surface area contributed by atoms with Crippen LogP contribution in [0.15, 0.2) is 108 Å².